The molecule has 0 saturated heterocycles. The molecule has 4 heteroatoms. The second-order valence-electron chi connectivity index (χ2n) is 4.28. The molecule has 1 aromatic heterocycles. The van der Waals surface area contributed by atoms with E-state index in [2.05, 4.69) is 5.43 Å². The summed E-state index contributed by atoms with van der Waals surface area (Å²) in [4.78, 5) is 0. The highest BCUT2D eigenvalue weighted by Crippen LogP contribution is 2.12. The Hall–Kier alpha value is -1.65. The van der Waals surface area contributed by atoms with Gasteiger partial charge in [0.15, 0.2) is 0 Å². The molecular weight excluding hydrogens is 231 g/mol. The van der Waals surface area contributed by atoms with E-state index in [0.29, 0.717) is 12.0 Å². The summed E-state index contributed by atoms with van der Waals surface area (Å²) in [5.74, 6) is 6.24. The molecule has 1 aromatic carbocycles. The lowest BCUT2D eigenvalue weighted by atomic mass is 10.0. The fraction of sp³-hybridized carbons (Fsp3) is 0.286. The quantitative estimate of drug-likeness (QED) is 0.609. The van der Waals surface area contributed by atoms with Crippen LogP contribution in [0.3, 0.4) is 0 Å². The maximum Gasteiger partial charge on any atom is 0.126 e. The minimum atomic E-state index is -0.184. The number of hydrogen-bond acceptors (Lipinski definition) is 3. The third-order valence-corrected chi connectivity index (χ3v) is 2.98. The molecule has 0 radical (unpaired) electrons. The minimum Gasteiger partial charge on any atom is -0.469 e. The van der Waals surface area contributed by atoms with Crippen molar-refractivity contribution in [1.29, 1.82) is 0 Å². The van der Waals surface area contributed by atoms with Gasteiger partial charge in [0.2, 0.25) is 0 Å². The number of furan rings is 1. The Balaban J connectivity index is 1.91. The van der Waals surface area contributed by atoms with Crippen molar-refractivity contribution in [3.05, 3.63) is 59.8 Å². The maximum absolute atomic E-state index is 13.5. The van der Waals surface area contributed by atoms with Crippen molar-refractivity contribution in [2.24, 2.45) is 5.84 Å². The number of halogens is 1. The van der Waals surface area contributed by atoms with Crippen LogP contribution in [0.1, 0.15) is 17.7 Å². The van der Waals surface area contributed by atoms with Gasteiger partial charge in [-0.2, -0.15) is 0 Å². The van der Waals surface area contributed by atoms with E-state index in [4.69, 9.17) is 10.3 Å². The topological polar surface area (TPSA) is 51.2 Å². The maximum atomic E-state index is 13.5. The van der Waals surface area contributed by atoms with E-state index in [1.165, 1.54) is 6.07 Å². The van der Waals surface area contributed by atoms with Crippen LogP contribution in [0, 0.1) is 5.82 Å². The van der Waals surface area contributed by atoms with Gasteiger partial charge in [-0.25, -0.2) is 4.39 Å². The lowest BCUT2D eigenvalue weighted by molar-refractivity contribution is 0.443. The molecule has 3 N–H and O–H groups in total. The second kappa shape index (κ2) is 6.33. The predicted molar refractivity (Wildman–Crippen MR) is 68.2 cm³/mol. The average Bonchev–Trinajstić information content (AvgIpc) is 2.90. The van der Waals surface area contributed by atoms with Crippen LogP contribution in [0.15, 0.2) is 47.1 Å². The van der Waals surface area contributed by atoms with Crippen LogP contribution in [-0.2, 0) is 12.8 Å². The molecule has 2 rings (SSSR count). The van der Waals surface area contributed by atoms with Crippen LogP contribution in [0.2, 0.25) is 0 Å². The average molecular weight is 248 g/mol. The SMILES string of the molecule is NNC(CCc1ccco1)Cc1ccccc1F. The number of aryl methyl sites for hydroxylation is 1. The van der Waals surface area contributed by atoms with E-state index in [9.17, 15) is 4.39 Å². The monoisotopic (exact) mass is 248 g/mol. The molecule has 96 valence electrons. The van der Waals surface area contributed by atoms with E-state index < -0.39 is 0 Å². The number of nitrogens with two attached hydrogens (primary N) is 1. The normalized spacial score (nSPS) is 12.6. The van der Waals surface area contributed by atoms with Crippen LogP contribution >= 0.6 is 0 Å². The van der Waals surface area contributed by atoms with Crippen molar-refractivity contribution in [3.8, 4) is 0 Å². The Bertz CT molecular complexity index is 470. The van der Waals surface area contributed by atoms with Crippen LogP contribution < -0.4 is 11.3 Å². The van der Waals surface area contributed by atoms with Crippen LogP contribution in [-0.4, -0.2) is 6.04 Å². The van der Waals surface area contributed by atoms with Gasteiger partial charge in [-0.1, -0.05) is 18.2 Å². The summed E-state index contributed by atoms with van der Waals surface area (Å²) in [5.41, 5.74) is 3.41. The molecule has 18 heavy (non-hydrogen) atoms. The first kappa shape index (κ1) is 12.8. The zero-order chi connectivity index (χ0) is 12.8. The Labute approximate surface area is 106 Å². The Morgan fingerprint density at radius 2 is 2.06 bits per heavy atom. The van der Waals surface area contributed by atoms with Gasteiger partial charge in [-0.15, -0.1) is 0 Å². The van der Waals surface area contributed by atoms with Gasteiger partial charge in [0, 0.05) is 12.5 Å². The summed E-state index contributed by atoms with van der Waals surface area (Å²) in [5, 5.41) is 0. The van der Waals surface area contributed by atoms with Gasteiger partial charge in [-0.3, -0.25) is 11.3 Å². The second-order valence-corrected chi connectivity index (χ2v) is 4.28. The minimum absolute atomic E-state index is 0.0343. The lowest BCUT2D eigenvalue weighted by Crippen LogP contribution is -2.37. The van der Waals surface area contributed by atoms with Crippen molar-refractivity contribution in [2.75, 3.05) is 0 Å². The molecule has 0 aliphatic heterocycles. The van der Waals surface area contributed by atoms with E-state index in [1.54, 1.807) is 18.4 Å². The molecule has 1 heterocycles. The van der Waals surface area contributed by atoms with E-state index in [0.717, 1.165) is 18.6 Å². The largest absolute Gasteiger partial charge is 0.469 e. The predicted octanol–water partition coefficient (Wildman–Crippen LogP) is 2.43. The van der Waals surface area contributed by atoms with Crippen molar-refractivity contribution >= 4 is 0 Å². The van der Waals surface area contributed by atoms with Crippen LogP contribution in [0.4, 0.5) is 4.39 Å². The molecule has 0 aliphatic carbocycles. The van der Waals surface area contributed by atoms with Crippen molar-refractivity contribution in [2.45, 2.75) is 25.3 Å². The molecule has 1 unspecified atom stereocenters. The smallest absolute Gasteiger partial charge is 0.126 e. The van der Waals surface area contributed by atoms with Gasteiger partial charge in [0.1, 0.15) is 11.6 Å². The van der Waals surface area contributed by atoms with Gasteiger partial charge in [0.25, 0.3) is 0 Å². The lowest BCUT2D eigenvalue weighted by Gasteiger charge is -2.15. The first-order chi connectivity index (χ1) is 8.79. The van der Waals surface area contributed by atoms with Gasteiger partial charge in [-0.05, 0) is 36.6 Å². The molecule has 0 aliphatic rings. The highest BCUT2D eigenvalue weighted by Gasteiger charge is 2.11. The molecule has 0 saturated carbocycles. The van der Waals surface area contributed by atoms with Crippen molar-refractivity contribution in [3.63, 3.8) is 0 Å². The molecular formula is C14H17FN2O. The molecule has 0 amide bonds. The van der Waals surface area contributed by atoms with Gasteiger partial charge >= 0.3 is 0 Å². The molecule has 3 nitrogen and oxygen atoms in total. The highest BCUT2D eigenvalue weighted by molar-refractivity contribution is 5.18. The van der Waals surface area contributed by atoms with Gasteiger partial charge in [0.05, 0.1) is 6.26 Å². The molecule has 0 fully saturated rings. The molecule has 0 spiro atoms. The Kier molecular flexibility index (Phi) is 4.50. The summed E-state index contributed by atoms with van der Waals surface area (Å²) in [7, 11) is 0. The summed E-state index contributed by atoms with van der Waals surface area (Å²) in [6, 6.07) is 10.6. The van der Waals surface area contributed by atoms with E-state index in [-0.39, 0.29) is 11.9 Å². The fourth-order valence-electron chi connectivity index (χ4n) is 1.95. The molecule has 1 atom stereocenters. The van der Waals surface area contributed by atoms with Crippen molar-refractivity contribution < 1.29 is 8.81 Å². The fourth-order valence-corrected chi connectivity index (χ4v) is 1.95. The Morgan fingerprint density at radius 1 is 1.22 bits per heavy atom. The summed E-state index contributed by atoms with van der Waals surface area (Å²) >= 11 is 0. The first-order valence-corrected chi connectivity index (χ1v) is 6.01. The van der Waals surface area contributed by atoms with Crippen LogP contribution in [0.25, 0.3) is 0 Å². The summed E-state index contributed by atoms with van der Waals surface area (Å²) in [6.07, 6.45) is 3.82. The van der Waals surface area contributed by atoms with Crippen LogP contribution in [0.5, 0.6) is 0 Å². The van der Waals surface area contributed by atoms with E-state index in [1.807, 2.05) is 18.2 Å². The number of nitrogens with one attached hydrogen (secondary N) is 1. The third-order valence-electron chi connectivity index (χ3n) is 2.98. The summed E-state index contributed by atoms with van der Waals surface area (Å²) in [6.45, 7) is 0. The molecule has 2 aromatic rings. The first-order valence-electron chi connectivity index (χ1n) is 6.01. The number of hydrazine groups is 1. The standard InChI is InChI=1S/C14H17FN2O/c15-14-6-2-1-4-11(14)10-12(17-16)7-8-13-5-3-9-18-13/h1-6,9,12,17H,7-8,10,16H2. The van der Waals surface area contributed by atoms with Crippen molar-refractivity contribution in [1.82, 2.24) is 5.43 Å². The zero-order valence-corrected chi connectivity index (χ0v) is 10.1. The highest BCUT2D eigenvalue weighted by atomic mass is 19.1. The summed E-state index contributed by atoms with van der Waals surface area (Å²) < 4.78 is 18.8. The van der Waals surface area contributed by atoms with Gasteiger partial charge < -0.3 is 4.42 Å². The number of rotatable bonds is 6. The number of benzene rings is 1. The zero-order valence-electron chi connectivity index (χ0n) is 10.1. The molecule has 0 bridgehead atoms. The van der Waals surface area contributed by atoms with E-state index >= 15 is 0 Å². The third kappa shape index (κ3) is 3.42. The number of hydrogen-bond donors (Lipinski definition) is 2. The Morgan fingerprint density at radius 3 is 2.72 bits per heavy atom.